The minimum atomic E-state index is 0.650. The Kier molecular flexibility index (Phi) is 4.16. The molecule has 0 saturated heterocycles. The van der Waals surface area contributed by atoms with E-state index in [1.165, 1.54) is 31.2 Å². The van der Waals surface area contributed by atoms with Crippen molar-refractivity contribution >= 4 is 0 Å². The average molecular weight is 269 g/mol. The molecule has 1 N–H and O–H groups in total. The highest BCUT2D eigenvalue weighted by Crippen LogP contribution is 2.32. The fourth-order valence-electron chi connectivity index (χ4n) is 3.16. The molecule has 0 atom stereocenters. The molecule has 0 amide bonds. The van der Waals surface area contributed by atoms with Crippen molar-refractivity contribution in [2.45, 2.75) is 44.2 Å². The Morgan fingerprint density at radius 1 is 1.10 bits per heavy atom. The molecule has 0 aliphatic heterocycles. The molecule has 1 saturated carbocycles. The SMILES string of the molecule is Cn1ccc(CNC2CCC(c3ccccc3)CC2)n1. The van der Waals surface area contributed by atoms with E-state index in [1.54, 1.807) is 0 Å². The van der Waals surface area contributed by atoms with Gasteiger partial charge in [0.25, 0.3) is 0 Å². The standard InChI is InChI=1S/C17H23N3/c1-20-12-11-17(19-20)13-18-16-9-7-15(8-10-16)14-5-3-2-4-6-14/h2-6,11-12,15-16,18H,7-10,13H2,1H3. The molecule has 3 nitrogen and oxygen atoms in total. The maximum atomic E-state index is 4.41. The van der Waals surface area contributed by atoms with E-state index in [9.17, 15) is 0 Å². The van der Waals surface area contributed by atoms with Crippen molar-refractivity contribution in [2.24, 2.45) is 7.05 Å². The Balaban J connectivity index is 1.47. The molecule has 3 heteroatoms. The normalized spacial score (nSPS) is 22.9. The largest absolute Gasteiger partial charge is 0.308 e. The monoisotopic (exact) mass is 269 g/mol. The Labute approximate surface area is 121 Å². The molecular weight excluding hydrogens is 246 g/mol. The van der Waals surface area contributed by atoms with Crippen LogP contribution in [0.5, 0.6) is 0 Å². The van der Waals surface area contributed by atoms with E-state index < -0.39 is 0 Å². The quantitative estimate of drug-likeness (QED) is 0.923. The van der Waals surface area contributed by atoms with Crippen molar-refractivity contribution in [3.8, 4) is 0 Å². The van der Waals surface area contributed by atoms with Gasteiger partial charge in [-0.1, -0.05) is 30.3 Å². The van der Waals surface area contributed by atoms with Crippen LogP contribution in [0.2, 0.25) is 0 Å². The van der Waals surface area contributed by atoms with Gasteiger partial charge in [0.1, 0.15) is 0 Å². The van der Waals surface area contributed by atoms with Crippen molar-refractivity contribution < 1.29 is 0 Å². The number of hydrogen-bond acceptors (Lipinski definition) is 2. The number of nitrogens with zero attached hydrogens (tertiary/aromatic N) is 2. The molecule has 3 rings (SSSR count). The van der Waals surface area contributed by atoms with Crippen LogP contribution in [0.25, 0.3) is 0 Å². The van der Waals surface area contributed by atoms with E-state index in [1.807, 2.05) is 17.9 Å². The van der Waals surface area contributed by atoms with Crippen LogP contribution in [0.3, 0.4) is 0 Å². The summed E-state index contributed by atoms with van der Waals surface area (Å²) in [5.41, 5.74) is 2.65. The van der Waals surface area contributed by atoms with Crippen molar-refractivity contribution in [1.82, 2.24) is 15.1 Å². The first-order chi connectivity index (χ1) is 9.81. The van der Waals surface area contributed by atoms with Gasteiger partial charge in [-0.15, -0.1) is 0 Å². The summed E-state index contributed by atoms with van der Waals surface area (Å²) in [6.45, 7) is 0.890. The highest BCUT2D eigenvalue weighted by atomic mass is 15.3. The van der Waals surface area contributed by atoms with Gasteiger partial charge in [-0.3, -0.25) is 4.68 Å². The minimum absolute atomic E-state index is 0.650. The van der Waals surface area contributed by atoms with Crippen LogP contribution in [-0.4, -0.2) is 15.8 Å². The summed E-state index contributed by atoms with van der Waals surface area (Å²) in [7, 11) is 1.97. The molecule has 0 spiro atoms. The van der Waals surface area contributed by atoms with Crippen molar-refractivity contribution in [3.63, 3.8) is 0 Å². The second-order valence-corrected chi connectivity index (χ2v) is 5.82. The fraction of sp³-hybridized carbons (Fsp3) is 0.471. The van der Waals surface area contributed by atoms with Gasteiger partial charge in [0, 0.05) is 25.8 Å². The molecule has 20 heavy (non-hydrogen) atoms. The molecule has 106 valence electrons. The third-order valence-corrected chi connectivity index (χ3v) is 4.34. The molecule has 0 unspecified atom stereocenters. The predicted octanol–water partition coefficient (Wildman–Crippen LogP) is 3.24. The van der Waals surface area contributed by atoms with Crippen LogP contribution in [0.4, 0.5) is 0 Å². The third-order valence-electron chi connectivity index (χ3n) is 4.34. The van der Waals surface area contributed by atoms with Crippen LogP contribution < -0.4 is 5.32 Å². The number of rotatable bonds is 4. The first-order valence-corrected chi connectivity index (χ1v) is 7.58. The van der Waals surface area contributed by atoms with E-state index >= 15 is 0 Å². The summed E-state index contributed by atoms with van der Waals surface area (Å²) < 4.78 is 1.86. The lowest BCUT2D eigenvalue weighted by molar-refractivity contribution is 0.340. The lowest BCUT2D eigenvalue weighted by Crippen LogP contribution is -2.32. The molecule has 2 aromatic rings. The second kappa shape index (κ2) is 6.23. The van der Waals surface area contributed by atoms with Gasteiger partial charge in [-0.2, -0.15) is 5.10 Å². The summed E-state index contributed by atoms with van der Waals surface area (Å²) in [6.07, 6.45) is 7.13. The number of hydrogen-bond donors (Lipinski definition) is 1. The number of benzene rings is 1. The van der Waals surface area contributed by atoms with Crippen LogP contribution in [0, 0.1) is 0 Å². The second-order valence-electron chi connectivity index (χ2n) is 5.82. The Bertz CT molecular complexity index is 524. The number of nitrogens with one attached hydrogen (secondary N) is 1. The zero-order chi connectivity index (χ0) is 13.8. The molecule has 0 bridgehead atoms. The molecule has 0 radical (unpaired) electrons. The van der Waals surface area contributed by atoms with Crippen molar-refractivity contribution in [1.29, 1.82) is 0 Å². The lowest BCUT2D eigenvalue weighted by atomic mass is 9.82. The van der Waals surface area contributed by atoms with Gasteiger partial charge in [0.15, 0.2) is 0 Å². The first kappa shape index (κ1) is 13.4. The van der Waals surface area contributed by atoms with Crippen LogP contribution in [-0.2, 0) is 13.6 Å². The lowest BCUT2D eigenvalue weighted by Gasteiger charge is -2.29. The topological polar surface area (TPSA) is 29.9 Å². The smallest absolute Gasteiger partial charge is 0.0762 e. The van der Waals surface area contributed by atoms with Gasteiger partial charge >= 0.3 is 0 Å². The van der Waals surface area contributed by atoms with Crippen molar-refractivity contribution in [2.75, 3.05) is 0 Å². The number of aromatic nitrogens is 2. The molecule has 1 aliphatic carbocycles. The minimum Gasteiger partial charge on any atom is -0.308 e. The molecular formula is C17H23N3. The Morgan fingerprint density at radius 2 is 1.85 bits per heavy atom. The van der Waals surface area contributed by atoms with E-state index in [0.29, 0.717) is 6.04 Å². The first-order valence-electron chi connectivity index (χ1n) is 7.58. The van der Waals surface area contributed by atoms with E-state index in [-0.39, 0.29) is 0 Å². The summed E-state index contributed by atoms with van der Waals surface area (Å²) >= 11 is 0. The van der Waals surface area contributed by atoms with Gasteiger partial charge < -0.3 is 5.32 Å². The fourth-order valence-corrected chi connectivity index (χ4v) is 3.16. The van der Waals surface area contributed by atoms with Crippen LogP contribution in [0.15, 0.2) is 42.6 Å². The summed E-state index contributed by atoms with van der Waals surface area (Å²) in [5.74, 6) is 0.754. The molecule has 1 heterocycles. The zero-order valence-electron chi connectivity index (χ0n) is 12.1. The third kappa shape index (κ3) is 3.28. The highest BCUT2D eigenvalue weighted by Gasteiger charge is 2.21. The molecule has 1 fully saturated rings. The molecule has 1 aliphatic rings. The maximum Gasteiger partial charge on any atom is 0.0762 e. The zero-order valence-corrected chi connectivity index (χ0v) is 12.1. The van der Waals surface area contributed by atoms with Crippen LogP contribution >= 0.6 is 0 Å². The predicted molar refractivity (Wildman–Crippen MR) is 81.5 cm³/mol. The Morgan fingerprint density at radius 3 is 2.50 bits per heavy atom. The Hall–Kier alpha value is -1.61. The van der Waals surface area contributed by atoms with Gasteiger partial charge in [0.05, 0.1) is 5.69 Å². The maximum absolute atomic E-state index is 4.41. The van der Waals surface area contributed by atoms with Crippen LogP contribution in [0.1, 0.15) is 42.9 Å². The summed E-state index contributed by atoms with van der Waals surface area (Å²) in [6, 6.07) is 13.7. The summed E-state index contributed by atoms with van der Waals surface area (Å²) in [5, 5.41) is 8.06. The average Bonchev–Trinajstić information content (AvgIpc) is 2.92. The van der Waals surface area contributed by atoms with Gasteiger partial charge in [0.2, 0.25) is 0 Å². The van der Waals surface area contributed by atoms with Crippen molar-refractivity contribution in [3.05, 3.63) is 53.9 Å². The van der Waals surface area contributed by atoms with E-state index in [0.717, 1.165) is 18.2 Å². The molecule has 1 aromatic heterocycles. The van der Waals surface area contributed by atoms with E-state index in [4.69, 9.17) is 0 Å². The molecule has 1 aromatic carbocycles. The van der Waals surface area contributed by atoms with E-state index in [2.05, 4.69) is 46.8 Å². The highest BCUT2D eigenvalue weighted by molar-refractivity contribution is 5.20. The summed E-state index contributed by atoms with van der Waals surface area (Å²) in [4.78, 5) is 0. The van der Waals surface area contributed by atoms with Gasteiger partial charge in [-0.05, 0) is 43.2 Å². The number of aryl methyl sites for hydroxylation is 1. The van der Waals surface area contributed by atoms with Gasteiger partial charge in [-0.25, -0.2) is 0 Å².